The van der Waals surface area contributed by atoms with Crippen molar-refractivity contribution in [3.8, 4) is 6.07 Å². The lowest BCUT2D eigenvalue weighted by Gasteiger charge is -2.05. The van der Waals surface area contributed by atoms with Crippen LogP contribution in [0, 0.1) is 11.3 Å². The molecule has 1 heterocycles. The Bertz CT molecular complexity index is 710. The first-order valence-electron chi connectivity index (χ1n) is 6.80. The summed E-state index contributed by atoms with van der Waals surface area (Å²) >= 11 is 0. The molecule has 0 aliphatic carbocycles. The first kappa shape index (κ1) is 14.8. The number of carbonyl (C=O) groups is 2. The molecule has 2 rings (SSSR count). The second-order valence-electron chi connectivity index (χ2n) is 4.67. The topological polar surface area (TPSA) is 72.1 Å². The number of rotatable bonds is 6. The molecule has 0 N–H and O–H groups in total. The van der Waals surface area contributed by atoms with Crippen LogP contribution in [0.1, 0.15) is 25.3 Å². The van der Waals surface area contributed by atoms with Crippen molar-refractivity contribution in [2.24, 2.45) is 0 Å². The van der Waals surface area contributed by atoms with E-state index in [2.05, 4.69) is 6.07 Å². The smallest absolute Gasteiger partial charge is 0.306 e. The minimum atomic E-state index is -0.345. The highest BCUT2D eigenvalue weighted by Gasteiger charge is 2.10. The van der Waals surface area contributed by atoms with Gasteiger partial charge in [-0.25, -0.2) is 0 Å². The molecule has 5 nitrogen and oxygen atoms in total. The number of ketones is 1. The summed E-state index contributed by atoms with van der Waals surface area (Å²) in [6, 6.07) is 9.29. The summed E-state index contributed by atoms with van der Waals surface area (Å²) in [6.45, 7) is 2.28. The molecule has 21 heavy (non-hydrogen) atoms. The summed E-state index contributed by atoms with van der Waals surface area (Å²) in [5, 5.41) is 9.78. The molecule has 0 aliphatic heterocycles. The van der Waals surface area contributed by atoms with E-state index in [1.165, 1.54) is 0 Å². The van der Waals surface area contributed by atoms with Crippen LogP contribution in [0.4, 0.5) is 0 Å². The normalized spacial score (nSPS) is 10.3. The predicted molar refractivity (Wildman–Crippen MR) is 77.5 cm³/mol. The van der Waals surface area contributed by atoms with E-state index in [4.69, 9.17) is 10.00 Å². The number of hydrogen-bond donors (Lipinski definition) is 0. The van der Waals surface area contributed by atoms with Crippen molar-refractivity contribution < 1.29 is 14.3 Å². The summed E-state index contributed by atoms with van der Waals surface area (Å²) < 4.78 is 6.62. The Balaban J connectivity index is 2.01. The Morgan fingerprint density at radius 1 is 1.29 bits per heavy atom. The lowest BCUT2D eigenvalue weighted by atomic mass is 10.2. The van der Waals surface area contributed by atoms with Crippen LogP contribution in [0.25, 0.3) is 10.9 Å². The van der Waals surface area contributed by atoms with Gasteiger partial charge in [0.05, 0.1) is 31.2 Å². The minimum Gasteiger partial charge on any atom is -0.466 e. The lowest BCUT2D eigenvalue weighted by Crippen LogP contribution is -2.12. The molecule has 1 aromatic heterocycles. The highest BCUT2D eigenvalue weighted by atomic mass is 16.5. The van der Waals surface area contributed by atoms with Crippen molar-refractivity contribution in [1.29, 1.82) is 5.26 Å². The summed E-state index contributed by atoms with van der Waals surface area (Å²) in [5.74, 6) is -0.369. The summed E-state index contributed by atoms with van der Waals surface area (Å²) in [4.78, 5) is 23.1. The van der Waals surface area contributed by atoms with Crippen LogP contribution >= 0.6 is 0 Å². The van der Waals surface area contributed by atoms with Gasteiger partial charge in [-0.15, -0.1) is 0 Å². The maximum absolute atomic E-state index is 11.9. The van der Waals surface area contributed by atoms with Gasteiger partial charge in [-0.1, -0.05) is 0 Å². The first-order valence-corrected chi connectivity index (χ1v) is 6.80. The second-order valence-corrected chi connectivity index (χ2v) is 4.67. The number of carbonyl (C=O) groups excluding carboxylic acids is 2. The Kier molecular flexibility index (Phi) is 4.72. The molecule has 2 aromatic rings. The monoisotopic (exact) mass is 284 g/mol. The molecule has 0 atom stereocenters. The van der Waals surface area contributed by atoms with E-state index in [0.717, 1.165) is 10.9 Å². The van der Waals surface area contributed by atoms with Crippen molar-refractivity contribution in [2.45, 2.75) is 26.3 Å². The van der Waals surface area contributed by atoms with E-state index in [9.17, 15) is 9.59 Å². The van der Waals surface area contributed by atoms with Gasteiger partial charge in [-0.2, -0.15) is 5.26 Å². The van der Waals surface area contributed by atoms with Crippen LogP contribution in [0.15, 0.2) is 30.5 Å². The van der Waals surface area contributed by atoms with Crippen molar-refractivity contribution >= 4 is 22.7 Å². The molecule has 108 valence electrons. The average molecular weight is 284 g/mol. The second kappa shape index (κ2) is 6.71. The van der Waals surface area contributed by atoms with Gasteiger partial charge in [0.15, 0.2) is 5.78 Å². The molecule has 5 heteroatoms. The molecule has 0 spiro atoms. The fourth-order valence-electron chi connectivity index (χ4n) is 2.15. The Hall–Kier alpha value is -2.61. The average Bonchev–Trinajstić information content (AvgIpc) is 2.87. The number of ether oxygens (including phenoxy) is 1. The molecular formula is C16H16N2O3. The molecule has 0 fully saturated rings. The Labute approximate surface area is 122 Å². The van der Waals surface area contributed by atoms with Crippen LogP contribution in [0.2, 0.25) is 0 Å². The fourth-order valence-corrected chi connectivity index (χ4v) is 2.15. The molecule has 0 saturated carbocycles. The summed E-state index contributed by atoms with van der Waals surface area (Å²) in [7, 11) is 0. The molecular weight excluding hydrogens is 268 g/mol. The number of hydrogen-bond acceptors (Lipinski definition) is 4. The quantitative estimate of drug-likeness (QED) is 0.764. The summed E-state index contributed by atoms with van der Waals surface area (Å²) in [6.07, 6.45) is 2.10. The van der Waals surface area contributed by atoms with Gasteiger partial charge in [0.25, 0.3) is 0 Å². The van der Waals surface area contributed by atoms with Crippen LogP contribution in [0.3, 0.4) is 0 Å². The van der Waals surface area contributed by atoms with E-state index < -0.39 is 0 Å². The third kappa shape index (κ3) is 3.69. The molecule has 1 aromatic carbocycles. The van der Waals surface area contributed by atoms with Gasteiger partial charge < -0.3 is 9.30 Å². The molecule has 0 amide bonds. The Morgan fingerprint density at radius 2 is 2.10 bits per heavy atom. The SMILES string of the molecule is CCOC(=O)CCC(=O)Cn1ccc2cc(C#N)ccc21. The molecule has 0 unspecified atom stereocenters. The van der Waals surface area contributed by atoms with Gasteiger partial charge >= 0.3 is 5.97 Å². The van der Waals surface area contributed by atoms with E-state index >= 15 is 0 Å². The number of Topliss-reactive ketones (excluding diaryl/α,β-unsaturated/α-hetero) is 1. The van der Waals surface area contributed by atoms with Gasteiger partial charge in [-0.05, 0) is 31.2 Å². The Morgan fingerprint density at radius 3 is 2.81 bits per heavy atom. The van der Waals surface area contributed by atoms with Gasteiger partial charge in [0, 0.05) is 23.5 Å². The highest BCUT2D eigenvalue weighted by Crippen LogP contribution is 2.17. The van der Waals surface area contributed by atoms with E-state index in [0.29, 0.717) is 12.2 Å². The van der Waals surface area contributed by atoms with Gasteiger partial charge in [0.2, 0.25) is 0 Å². The minimum absolute atomic E-state index is 0.0232. The van der Waals surface area contributed by atoms with Crippen LogP contribution in [-0.2, 0) is 20.9 Å². The van der Waals surface area contributed by atoms with Crippen molar-refractivity contribution in [2.75, 3.05) is 6.61 Å². The van der Waals surface area contributed by atoms with Gasteiger partial charge in [-0.3, -0.25) is 9.59 Å². The fraction of sp³-hybridized carbons (Fsp3) is 0.312. The maximum Gasteiger partial charge on any atom is 0.306 e. The van der Waals surface area contributed by atoms with Crippen LogP contribution in [0.5, 0.6) is 0 Å². The van der Waals surface area contributed by atoms with Crippen LogP contribution in [-0.4, -0.2) is 22.9 Å². The van der Waals surface area contributed by atoms with Gasteiger partial charge in [0.1, 0.15) is 0 Å². The molecule has 0 aliphatic rings. The number of fused-ring (bicyclic) bond motifs is 1. The number of benzene rings is 1. The highest BCUT2D eigenvalue weighted by molar-refractivity contribution is 5.86. The lowest BCUT2D eigenvalue weighted by molar-refractivity contribution is -0.144. The largest absolute Gasteiger partial charge is 0.466 e. The van der Waals surface area contributed by atoms with E-state index in [1.807, 2.05) is 22.9 Å². The van der Waals surface area contributed by atoms with E-state index in [-0.39, 0.29) is 31.1 Å². The zero-order valence-corrected chi connectivity index (χ0v) is 11.8. The molecule has 0 bridgehead atoms. The van der Waals surface area contributed by atoms with Crippen molar-refractivity contribution in [1.82, 2.24) is 4.57 Å². The summed E-state index contributed by atoms with van der Waals surface area (Å²) in [5.41, 5.74) is 1.49. The van der Waals surface area contributed by atoms with E-state index in [1.54, 1.807) is 19.1 Å². The van der Waals surface area contributed by atoms with Crippen molar-refractivity contribution in [3.05, 3.63) is 36.0 Å². The predicted octanol–water partition coefficient (Wildman–Crippen LogP) is 2.43. The number of esters is 1. The molecule has 0 radical (unpaired) electrons. The molecule has 0 saturated heterocycles. The van der Waals surface area contributed by atoms with Crippen LogP contribution < -0.4 is 0 Å². The first-order chi connectivity index (χ1) is 10.1. The number of aromatic nitrogens is 1. The third-order valence-corrected chi connectivity index (χ3v) is 3.16. The standard InChI is InChI=1S/C16H16N2O3/c1-2-21-16(20)6-4-14(19)11-18-8-7-13-9-12(10-17)3-5-15(13)18/h3,5,7-9H,2,4,6,11H2,1H3. The number of nitriles is 1. The third-order valence-electron chi connectivity index (χ3n) is 3.16. The zero-order valence-electron chi connectivity index (χ0n) is 11.8. The zero-order chi connectivity index (χ0) is 15.2. The maximum atomic E-state index is 11.9. The van der Waals surface area contributed by atoms with Crippen molar-refractivity contribution in [3.63, 3.8) is 0 Å². The number of nitrogens with zero attached hydrogens (tertiary/aromatic N) is 2.